The van der Waals surface area contributed by atoms with Crippen LogP contribution in [0.15, 0.2) is 24.3 Å². The standard InChI is InChI=1S/C16H19FN2O2/c17-14-4-1-3-13(11-14)16(21)19-8-2-7-18(9-10-19)15(20)12-5-6-12/h1,3-4,11-12H,2,5-10H2. The van der Waals surface area contributed by atoms with Gasteiger partial charge >= 0.3 is 0 Å². The van der Waals surface area contributed by atoms with Crippen LogP contribution in [-0.4, -0.2) is 47.8 Å². The highest BCUT2D eigenvalue weighted by molar-refractivity contribution is 5.94. The van der Waals surface area contributed by atoms with Crippen LogP contribution in [0.5, 0.6) is 0 Å². The van der Waals surface area contributed by atoms with E-state index < -0.39 is 5.82 Å². The van der Waals surface area contributed by atoms with Gasteiger partial charge in [-0.3, -0.25) is 9.59 Å². The van der Waals surface area contributed by atoms with Crippen molar-refractivity contribution in [1.29, 1.82) is 0 Å². The smallest absolute Gasteiger partial charge is 0.254 e. The molecule has 0 bridgehead atoms. The molecule has 2 fully saturated rings. The third-order valence-electron chi connectivity index (χ3n) is 4.09. The number of rotatable bonds is 2. The van der Waals surface area contributed by atoms with Crippen LogP contribution in [0.25, 0.3) is 0 Å². The van der Waals surface area contributed by atoms with Crippen molar-refractivity contribution in [2.24, 2.45) is 5.92 Å². The summed E-state index contributed by atoms with van der Waals surface area (Å²) in [5.74, 6) is -0.109. The van der Waals surface area contributed by atoms with Crippen LogP contribution in [0.2, 0.25) is 0 Å². The van der Waals surface area contributed by atoms with E-state index in [-0.39, 0.29) is 17.7 Å². The second kappa shape index (κ2) is 5.84. The number of carbonyl (C=O) groups excluding carboxylic acids is 2. The summed E-state index contributed by atoms with van der Waals surface area (Å²) in [6, 6.07) is 5.77. The minimum absolute atomic E-state index is 0.157. The van der Waals surface area contributed by atoms with Crippen molar-refractivity contribution < 1.29 is 14.0 Å². The van der Waals surface area contributed by atoms with Gasteiger partial charge in [0.25, 0.3) is 5.91 Å². The predicted molar refractivity (Wildman–Crippen MR) is 76.2 cm³/mol. The van der Waals surface area contributed by atoms with Crippen LogP contribution >= 0.6 is 0 Å². The first kappa shape index (κ1) is 14.0. The van der Waals surface area contributed by atoms with Gasteiger partial charge in [0.05, 0.1) is 0 Å². The molecular weight excluding hydrogens is 271 g/mol. The molecule has 3 rings (SSSR count). The van der Waals surface area contributed by atoms with Gasteiger partial charge in [0.1, 0.15) is 5.82 Å². The lowest BCUT2D eigenvalue weighted by molar-refractivity contribution is -0.132. The zero-order valence-electron chi connectivity index (χ0n) is 11.9. The van der Waals surface area contributed by atoms with Gasteiger partial charge in [-0.1, -0.05) is 6.07 Å². The summed E-state index contributed by atoms with van der Waals surface area (Å²) in [5, 5.41) is 0. The van der Waals surface area contributed by atoms with Crippen LogP contribution in [0.4, 0.5) is 4.39 Å². The molecule has 0 atom stereocenters. The van der Waals surface area contributed by atoms with E-state index in [1.165, 1.54) is 12.1 Å². The SMILES string of the molecule is O=C(c1cccc(F)c1)N1CCCN(C(=O)C2CC2)CC1. The Morgan fingerprint density at radius 3 is 2.48 bits per heavy atom. The van der Waals surface area contributed by atoms with E-state index in [1.807, 2.05) is 4.90 Å². The van der Waals surface area contributed by atoms with Gasteiger partial charge in [-0.2, -0.15) is 0 Å². The van der Waals surface area contributed by atoms with Crippen molar-refractivity contribution in [1.82, 2.24) is 9.80 Å². The third-order valence-corrected chi connectivity index (χ3v) is 4.09. The molecular formula is C16H19FN2O2. The zero-order chi connectivity index (χ0) is 14.8. The Kier molecular flexibility index (Phi) is 3.90. The quantitative estimate of drug-likeness (QED) is 0.835. The molecule has 5 heteroatoms. The second-order valence-corrected chi connectivity index (χ2v) is 5.76. The van der Waals surface area contributed by atoms with Gasteiger partial charge < -0.3 is 9.80 Å². The summed E-state index contributed by atoms with van der Waals surface area (Å²) in [4.78, 5) is 28.0. The van der Waals surface area contributed by atoms with Crippen LogP contribution < -0.4 is 0 Å². The van der Waals surface area contributed by atoms with Gasteiger partial charge in [-0.25, -0.2) is 4.39 Å². The maximum absolute atomic E-state index is 13.2. The topological polar surface area (TPSA) is 40.6 Å². The number of hydrogen-bond donors (Lipinski definition) is 0. The van der Waals surface area contributed by atoms with E-state index in [0.717, 1.165) is 19.3 Å². The summed E-state index contributed by atoms with van der Waals surface area (Å²) < 4.78 is 13.2. The Morgan fingerprint density at radius 2 is 1.76 bits per heavy atom. The average Bonchev–Trinajstić information content (AvgIpc) is 3.32. The normalized spacial score (nSPS) is 19.3. The van der Waals surface area contributed by atoms with Crippen LogP contribution in [0.1, 0.15) is 29.6 Å². The molecule has 0 aromatic heterocycles. The van der Waals surface area contributed by atoms with Crippen molar-refractivity contribution >= 4 is 11.8 Å². The highest BCUT2D eigenvalue weighted by Gasteiger charge is 2.34. The van der Waals surface area contributed by atoms with E-state index in [4.69, 9.17) is 0 Å². The molecule has 0 unspecified atom stereocenters. The van der Waals surface area contributed by atoms with E-state index in [1.54, 1.807) is 17.0 Å². The lowest BCUT2D eigenvalue weighted by Crippen LogP contribution is -2.38. The van der Waals surface area contributed by atoms with E-state index in [9.17, 15) is 14.0 Å². The Labute approximate surface area is 123 Å². The predicted octanol–water partition coefficient (Wildman–Crippen LogP) is 1.91. The molecule has 1 saturated carbocycles. The summed E-state index contributed by atoms with van der Waals surface area (Å²) in [5.41, 5.74) is 0.372. The van der Waals surface area contributed by atoms with Crippen molar-refractivity contribution in [3.63, 3.8) is 0 Å². The van der Waals surface area contributed by atoms with Crippen LogP contribution in [0.3, 0.4) is 0 Å². The first-order valence-electron chi connectivity index (χ1n) is 7.49. The van der Waals surface area contributed by atoms with Crippen molar-refractivity contribution in [2.45, 2.75) is 19.3 Å². The van der Waals surface area contributed by atoms with Gasteiger partial charge in [-0.15, -0.1) is 0 Å². The summed E-state index contributed by atoms with van der Waals surface area (Å²) in [7, 11) is 0. The molecule has 0 radical (unpaired) electrons. The van der Waals surface area contributed by atoms with Gasteiger partial charge in [-0.05, 0) is 37.5 Å². The van der Waals surface area contributed by atoms with Crippen LogP contribution in [0, 0.1) is 11.7 Å². The van der Waals surface area contributed by atoms with Gasteiger partial charge in [0.2, 0.25) is 5.91 Å². The molecule has 1 aromatic rings. The average molecular weight is 290 g/mol. The number of benzene rings is 1. The zero-order valence-corrected chi connectivity index (χ0v) is 11.9. The largest absolute Gasteiger partial charge is 0.341 e. The molecule has 0 spiro atoms. The Morgan fingerprint density at radius 1 is 1.05 bits per heavy atom. The minimum Gasteiger partial charge on any atom is -0.341 e. The Bertz CT molecular complexity index is 557. The van der Waals surface area contributed by atoms with Crippen molar-refractivity contribution in [3.05, 3.63) is 35.6 Å². The molecule has 1 aromatic carbocycles. The monoisotopic (exact) mass is 290 g/mol. The van der Waals surface area contributed by atoms with E-state index in [2.05, 4.69) is 0 Å². The van der Waals surface area contributed by atoms with Crippen LogP contribution in [-0.2, 0) is 4.79 Å². The fourth-order valence-electron chi connectivity index (χ4n) is 2.73. The molecule has 1 saturated heterocycles. The maximum atomic E-state index is 13.2. The number of carbonyl (C=O) groups is 2. The summed E-state index contributed by atoms with van der Waals surface area (Å²) in [6.45, 7) is 2.43. The fraction of sp³-hybridized carbons (Fsp3) is 0.500. The molecule has 112 valence electrons. The number of nitrogens with zero attached hydrogens (tertiary/aromatic N) is 2. The highest BCUT2D eigenvalue weighted by Crippen LogP contribution is 2.31. The molecule has 2 aliphatic rings. The lowest BCUT2D eigenvalue weighted by atomic mass is 10.2. The Hall–Kier alpha value is -1.91. The first-order valence-corrected chi connectivity index (χ1v) is 7.49. The number of hydrogen-bond acceptors (Lipinski definition) is 2. The molecule has 0 N–H and O–H groups in total. The molecule has 1 aliphatic carbocycles. The molecule has 1 aliphatic heterocycles. The fourth-order valence-corrected chi connectivity index (χ4v) is 2.73. The highest BCUT2D eigenvalue weighted by atomic mass is 19.1. The molecule has 4 nitrogen and oxygen atoms in total. The van der Waals surface area contributed by atoms with Gasteiger partial charge in [0.15, 0.2) is 0 Å². The third kappa shape index (κ3) is 3.23. The minimum atomic E-state index is -0.402. The maximum Gasteiger partial charge on any atom is 0.254 e. The van der Waals surface area contributed by atoms with E-state index in [0.29, 0.717) is 31.7 Å². The van der Waals surface area contributed by atoms with Crippen molar-refractivity contribution in [3.8, 4) is 0 Å². The number of halogens is 1. The number of amides is 2. The van der Waals surface area contributed by atoms with E-state index >= 15 is 0 Å². The van der Waals surface area contributed by atoms with Crippen molar-refractivity contribution in [2.75, 3.05) is 26.2 Å². The summed E-state index contributed by atoms with van der Waals surface area (Å²) in [6.07, 6.45) is 2.78. The van der Waals surface area contributed by atoms with Gasteiger partial charge in [0, 0.05) is 37.7 Å². The lowest BCUT2D eigenvalue weighted by Gasteiger charge is -2.22. The first-order chi connectivity index (χ1) is 10.1. The molecule has 21 heavy (non-hydrogen) atoms. The second-order valence-electron chi connectivity index (χ2n) is 5.76. The molecule has 1 heterocycles. The molecule has 2 amide bonds. The Balaban J connectivity index is 1.64. The summed E-state index contributed by atoms with van der Waals surface area (Å²) >= 11 is 0.